The van der Waals surface area contributed by atoms with E-state index in [1.807, 2.05) is 4.90 Å². The Hall–Kier alpha value is -2.05. The normalized spacial score (nSPS) is 24.0. The van der Waals surface area contributed by atoms with Crippen LogP contribution in [0.4, 0.5) is 13.2 Å². The SMILES string of the molecule is CC(=O)N1CCC[C@@H]2CN(C(=O)c3ccc(C(F)(F)F)cc3)CC[C@@H]21. The summed E-state index contributed by atoms with van der Waals surface area (Å²) in [7, 11) is 0. The van der Waals surface area contributed by atoms with Gasteiger partial charge >= 0.3 is 6.18 Å². The highest BCUT2D eigenvalue weighted by Crippen LogP contribution is 2.32. The number of hydrogen-bond donors (Lipinski definition) is 0. The fourth-order valence-electron chi connectivity index (χ4n) is 3.96. The van der Waals surface area contributed by atoms with Crippen molar-refractivity contribution in [3.63, 3.8) is 0 Å². The van der Waals surface area contributed by atoms with E-state index < -0.39 is 11.7 Å². The van der Waals surface area contributed by atoms with Gasteiger partial charge in [0, 0.05) is 38.2 Å². The number of piperidine rings is 2. The van der Waals surface area contributed by atoms with E-state index in [-0.39, 0.29) is 29.3 Å². The molecule has 2 atom stereocenters. The maximum absolute atomic E-state index is 12.6. The molecule has 2 fully saturated rings. The van der Waals surface area contributed by atoms with Crippen LogP contribution in [0.25, 0.3) is 0 Å². The number of hydrogen-bond acceptors (Lipinski definition) is 2. The third-order valence-corrected chi connectivity index (χ3v) is 5.22. The Morgan fingerprint density at radius 3 is 2.36 bits per heavy atom. The molecule has 0 spiro atoms. The van der Waals surface area contributed by atoms with E-state index in [1.54, 1.807) is 11.8 Å². The van der Waals surface area contributed by atoms with E-state index in [0.29, 0.717) is 13.1 Å². The molecule has 0 saturated carbocycles. The summed E-state index contributed by atoms with van der Waals surface area (Å²) in [5, 5.41) is 0. The molecule has 2 saturated heterocycles. The number of alkyl halides is 3. The fourth-order valence-corrected chi connectivity index (χ4v) is 3.96. The first-order valence-corrected chi connectivity index (χ1v) is 8.51. The number of likely N-dealkylation sites (tertiary alicyclic amines) is 2. The number of amides is 2. The molecule has 1 aromatic rings. The van der Waals surface area contributed by atoms with E-state index in [1.165, 1.54) is 12.1 Å². The first-order valence-electron chi connectivity index (χ1n) is 8.51. The van der Waals surface area contributed by atoms with Gasteiger partial charge in [-0.1, -0.05) is 0 Å². The number of halogens is 3. The number of carbonyl (C=O) groups excluding carboxylic acids is 2. The summed E-state index contributed by atoms with van der Waals surface area (Å²) < 4.78 is 37.9. The first-order chi connectivity index (χ1) is 11.8. The van der Waals surface area contributed by atoms with Gasteiger partial charge in [-0.2, -0.15) is 13.2 Å². The molecule has 2 amide bonds. The molecule has 0 unspecified atom stereocenters. The minimum atomic E-state index is -4.40. The predicted octanol–water partition coefficient (Wildman–Crippen LogP) is 3.18. The molecule has 2 aliphatic heterocycles. The van der Waals surface area contributed by atoms with Crippen molar-refractivity contribution in [1.82, 2.24) is 9.80 Å². The van der Waals surface area contributed by atoms with Crippen LogP contribution in [-0.2, 0) is 11.0 Å². The van der Waals surface area contributed by atoms with Crippen LogP contribution in [0.2, 0.25) is 0 Å². The lowest BCUT2D eigenvalue weighted by Gasteiger charge is -2.47. The van der Waals surface area contributed by atoms with Gasteiger partial charge < -0.3 is 9.80 Å². The van der Waals surface area contributed by atoms with Gasteiger partial charge in [0.1, 0.15) is 0 Å². The van der Waals surface area contributed by atoms with E-state index in [4.69, 9.17) is 0 Å². The van der Waals surface area contributed by atoms with Crippen molar-refractivity contribution < 1.29 is 22.8 Å². The quantitative estimate of drug-likeness (QED) is 0.777. The molecule has 0 aliphatic carbocycles. The molecule has 2 heterocycles. The number of fused-ring (bicyclic) bond motifs is 1. The van der Waals surface area contributed by atoms with E-state index >= 15 is 0 Å². The van der Waals surface area contributed by atoms with Crippen molar-refractivity contribution in [3.8, 4) is 0 Å². The highest BCUT2D eigenvalue weighted by Gasteiger charge is 2.38. The zero-order chi connectivity index (χ0) is 18.2. The van der Waals surface area contributed by atoms with Crippen LogP contribution in [0.1, 0.15) is 42.1 Å². The summed E-state index contributed by atoms with van der Waals surface area (Å²) in [6.45, 7) is 3.41. The zero-order valence-corrected chi connectivity index (χ0v) is 14.1. The van der Waals surface area contributed by atoms with Crippen molar-refractivity contribution in [2.75, 3.05) is 19.6 Å². The minimum Gasteiger partial charge on any atom is -0.340 e. The molecule has 1 aromatic carbocycles. The minimum absolute atomic E-state index is 0.0669. The van der Waals surface area contributed by atoms with Crippen LogP contribution in [0.3, 0.4) is 0 Å². The Labute approximate surface area is 144 Å². The standard InChI is InChI=1S/C18H21F3N2O2/c1-12(24)23-9-2-3-14-11-22(10-8-16(14)23)17(25)13-4-6-15(7-5-13)18(19,20)21/h4-7,14,16H,2-3,8-11H2,1H3/t14-,16+/m1/s1. The van der Waals surface area contributed by atoms with Crippen molar-refractivity contribution >= 4 is 11.8 Å². The van der Waals surface area contributed by atoms with E-state index in [0.717, 1.165) is 37.9 Å². The Balaban J connectivity index is 1.69. The monoisotopic (exact) mass is 354 g/mol. The van der Waals surface area contributed by atoms with Crippen LogP contribution in [-0.4, -0.2) is 47.3 Å². The maximum atomic E-state index is 12.6. The van der Waals surface area contributed by atoms with Gasteiger partial charge in [0.05, 0.1) is 5.56 Å². The summed E-state index contributed by atoms with van der Waals surface area (Å²) >= 11 is 0. The molecule has 2 aliphatic rings. The van der Waals surface area contributed by atoms with Crippen LogP contribution < -0.4 is 0 Å². The van der Waals surface area contributed by atoms with Crippen LogP contribution in [0.5, 0.6) is 0 Å². The highest BCUT2D eigenvalue weighted by molar-refractivity contribution is 5.94. The lowest BCUT2D eigenvalue weighted by atomic mass is 9.83. The molecule has 0 bridgehead atoms. The average Bonchev–Trinajstić information content (AvgIpc) is 2.59. The molecule has 0 aromatic heterocycles. The summed E-state index contributed by atoms with van der Waals surface area (Å²) in [4.78, 5) is 28.0. The molecule has 3 rings (SSSR count). The van der Waals surface area contributed by atoms with E-state index in [2.05, 4.69) is 0 Å². The molecular formula is C18H21F3N2O2. The second-order valence-corrected chi connectivity index (χ2v) is 6.80. The number of rotatable bonds is 1. The summed E-state index contributed by atoms with van der Waals surface area (Å²) in [6, 6.07) is 4.53. The molecular weight excluding hydrogens is 333 g/mol. The zero-order valence-electron chi connectivity index (χ0n) is 14.1. The number of nitrogens with zero attached hydrogens (tertiary/aromatic N) is 2. The molecule has 7 heteroatoms. The molecule has 25 heavy (non-hydrogen) atoms. The smallest absolute Gasteiger partial charge is 0.340 e. The largest absolute Gasteiger partial charge is 0.416 e. The lowest BCUT2D eigenvalue weighted by molar-refractivity contribution is -0.137. The Morgan fingerprint density at radius 2 is 1.76 bits per heavy atom. The molecule has 4 nitrogen and oxygen atoms in total. The van der Waals surface area contributed by atoms with E-state index in [9.17, 15) is 22.8 Å². The number of benzene rings is 1. The van der Waals surface area contributed by atoms with Gasteiger partial charge in [0.2, 0.25) is 5.91 Å². The molecule has 136 valence electrons. The maximum Gasteiger partial charge on any atom is 0.416 e. The van der Waals surface area contributed by atoms with Crippen LogP contribution in [0.15, 0.2) is 24.3 Å². The highest BCUT2D eigenvalue weighted by atomic mass is 19.4. The predicted molar refractivity (Wildman–Crippen MR) is 85.9 cm³/mol. The van der Waals surface area contributed by atoms with Crippen LogP contribution >= 0.6 is 0 Å². The first kappa shape index (κ1) is 17.8. The Kier molecular flexibility index (Phi) is 4.75. The topological polar surface area (TPSA) is 40.6 Å². The third-order valence-electron chi connectivity index (χ3n) is 5.22. The summed E-state index contributed by atoms with van der Waals surface area (Å²) in [6.07, 6.45) is -1.80. The Morgan fingerprint density at radius 1 is 1.08 bits per heavy atom. The average molecular weight is 354 g/mol. The van der Waals surface area contributed by atoms with Gasteiger partial charge in [0.25, 0.3) is 5.91 Å². The van der Waals surface area contributed by atoms with Gasteiger partial charge in [0.15, 0.2) is 0 Å². The summed E-state index contributed by atoms with van der Waals surface area (Å²) in [5.41, 5.74) is -0.488. The van der Waals surface area contributed by atoms with Crippen molar-refractivity contribution in [2.45, 2.75) is 38.4 Å². The van der Waals surface area contributed by atoms with Gasteiger partial charge in [-0.15, -0.1) is 0 Å². The molecule has 0 radical (unpaired) electrons. The third kappa shape index (κ3) is 3.65. The number of carbonyl (C=O) groups is 2. The second-order valence-electron chi connectivity index (χ2n) is 6.80. The fraction of sp³-hybridized carbons (Fsp3) is 0.556. The Bertz CT molecular complexity index is 657. The molecule has 0 N–H and O–H groups in total. The second kappa shape index (κ2) is 6.69. The van der Waals surface area contributed by atoms with Crippen LogP contribution in [0, 0.1) is 5.92 Å². The lowest BCUT2D eigenvalue weighted by Crippen LogP contribution is -2.56. The summed E-state index contributed by atoms with van der Waals surface area (Å²) in [5.74, 6) is 0.0640. The van der Waals surface area contributed by atoms with Crippen molar-refractivity contribution in [1.29, 1.82) is 0 Å². The van der Waals surface area contributed by atoms with Crippen molar-refractivity contribution in [2.24, 2.45) is 5.92 Å². The van der Waals surface area contributed by atoms with Gasteiger partial charge in [-0.3, -0.25) is 9.59 Å². The van der Waals surface area contributed by atoms with Crippen molar-refractivity contribution in [3.05, 3.63) is 35.4 Å². The van der Waals surface area contributed by atoms with Gasteiger partial charge in [-0.05, 0) is 49.4 Å². The van der Waals surface area contributed by atoms with Gasteiger partial charge in [-0.25, -0.2) is 0 Å².